The van der Waals surface area contributed by atoms with Gasteiger partial charge in [-0.2, -0.15) is 0 Å². The molecule has 0 heterocycles. The van der Waals surface area contributed by atoms with Crippen molar-refractivity contribution < 1.29 is 5.11 Å². The van der Waals surface area contributed by atoms with Gasteiger partial charge in [-0.25, -0.2) is 0 Å². The smallest absolute Gasteiger partial charge is 0.0693 e. The van der Waals surface area contributed by atoms with Gasteiger partial charge in [0, 0.05) is 11.1 Å². The lowest BCUT2D eigenvalue weighted by molar-refractivity contribution is 0.0914. The fourth-order valence-electron chi connectivity index (χ4n) is 2.40. The highest BCUT2D eigenvalue weighted by Gasteiger charge is 2.21. The van der Waals surface area contributed by atoms with Gasteiger partial charge in [0.15, 0.2) is 0 Å². The molecule has 17 heavy (non-hydrogen) atoms. The van der Waals surface area contributed by atoms with E-state index in [1.54, 1.807) is 0 Å². The molecule has 2 nitrogen and oxygen atoms in total. The van der Waals surface area contributed by atoms with E-state index in [0.29, 0.717) is 0 Å². The highest BCUT2D eigenvalue weighted by molar-refractivity contribution is 6.30. The molecule has 0 bridgehead atoms. The highest BCUT2D eigenvalue weighted by Crippen LogP contribution is 2.18. The van der Waals surface area contributed by atoms with Crippen molar-refractivity contribution in [3.63, 3.8) is 0 Å². The minimum absolute atomic E-state index is 0.158. The molecule has 1 saturated carbocycles. The Hall–Kier alpha value is -0.570. The lowest BCUT2D eigenvalue weighted by atomic mass is 9.92. The first kappa shape index (κ1) is 12.9. The van der Waals surface area contributed by atoms with Crippen LogP contribution in [-0.2, 0) is 6.42 Å². The molecule has 0 aliphatic heterocycles. The Morgan fingerprint density at radius 2 is 1.88 bits per heavy atom. The third-order valence-corrected chi connectivity index (χ3v) is 3.71. The van der Waals surface area contributed by atoms with E-state index >= 15 is 0 Å². The molecule has 1 aliphatic rings. The fraction of sp³-hybridized carbons (Fsp3) is 0.571. The Morgan fingerprint density at radius 1 is 1.18 bits per heavy atom. The zero-order chi connectivity index (χ0) is 12.1. The minimum atomic E-state index is -0.158. The van der Waals surface area contributed by atoms with Crippen LogP contribution >= 0.6 is 11.6 Å². The van der Waals surface area contributed by atoms with E-state index in [1.165, 1.54) is 12.0 Å². The molecule has 1 fully saturated rings. The summed E-state index contributed by atoms with van der Waals surface area (Å²) in [5, 5.41) is 14.1. The number of hydrogen-bond acceptors (Lipinski definition) is 2. The van der Waals surface area contributed by atoms with Gasteiger partial charge in [-0.05, 0) is 43.5 Å². The summed E-state index contributed by atoms with van der Waals surface area (Å²) in [5.74, 6) is 0. The predicted octanol–water partition coefficient (Wildman–Crippen LogP) is 2.78. The Morgan fingerprint density at radius 3 is 2.59 bits per heavy atom. The van der Waals surface area contributed by atoms with Crippen LogP contribution in [0.15, 0.2) is 24.3 Å². The Labute approximate surface area is 108 Å². The van der Waals surface area contributed by atoms with Crippen LogP contribution in [0.5, 0.6) is 0 Å². The van der Waals surface area contributed by atoms with E-state index in [9.17, 15) is 5.11 Å². The molecular weight excluding hydrogens is 234 g/mol. The van der Waals surface area contributed by atoms with E-state index in [2.05, 4.69) is 17.4 Å². The third-order valence-electron chi connectivity index (χ3n) is 3.46. The summed E-state index contributed by atoms with van der Waals surface area (Å²) in [5.41, 5.74) is 1.28. The van der Waals surface area contributed by atoms with Crippen molar-refractivity contribution in [3.8, 4) is 0 Å². The molecule has 0 aromatic heterocycles. The SMILES string of the molecule is OC1CCCCC1NCCc1ccc(Cl)cc1. The normalized spacial score (nSPS) is 24.8. The van der Waals surface area contributed by atoms with E-state index in [4.69, 9.17) is 11.6 Å². The van der Waals surface area contributed by atoms with Crippen molar-refractivity contribution in [1.29, 1.82) is 0 Å². The summed E-state index contributed by atoms with van der Waals surface area (Å²) in [4.78, 5) is 0. The summed E-state index contributed by atoms with van der Waals surface area (Å²) in [7, 11) is 0. The molecule has 1 aromatic rings. The number of hydrogen-bond donors (Lipinski definition) is 2. The quantitative estimate of drug-likeness (QED) is 0.865. The molecule has 0 spiro atoms. The van der Waals surface area contributed by atoms with Crippen molar-refractivity contribution in [3.05, 3.63) is 34.9 Å². The Kier molecular flexibility index (Phi) is 4.84. The summed E-state index contributed by atoms with van der Waals surface area (Å²) in [6.07, 6.45) is 5.27. The molecule has 0 radical (unpaired) electrons. The van der Waals surface area contributed by atoms with Gasteiger partial charge >= 0.3 is 0 Å². The van der Waals surface area contributed by atoms with Gasteiger partial charge in [-0.15, -0.1) is 0 Å². The molecule has 2 rings (SSSR count). The number of rotatable bonds is 4. The number of halogens is 1. The maximum Gasteiger partial charge on any atom is 0.0693 e. The Bertz CT molecular complexity index is 339. The van der Waals surface area contributed by atoms with E-state index in [-0.39, 0.29) is 12.1 Å². The first-order valence-corrected chi connectivity index (χ1v) is 6.79. The van der Waals surface area contributed by atoms with Gasteiger partial charge in [-0.3, -0.25) is 0 Å². The number of aliphatic hydroxyl groups excluding tert-OH is 1. The number of benzene rings is 1. The van der Waals surface area contributed by atoms with Crippen molar-refractivity contribution >= 4 is 11.6 Å². The van der Waals surface area contributed by atoms with Crippen LogP contribution in [-0.4, -0.2) is 23.8 Å². The summed E-state index contributed by atoms with van der Waals surface area (Å²) in [6, 6.07) is 8.25. The Balaban J connectivity index is 1.73. The van der Waals surface area contributed by atoms with Crippen molar-refractivity contribution in [2.75, 3.05) is 6.54 Å². The molecule has 2 atom stereocenters. The summed E-state index contributed by atoms with van der Waals surface area (Å²) < 4.78 is 0. The fourth-order valence-corrected chi connectivity index (χ4v) is 2.53. The first-order valence-electron chi connectivity index (χ1n) is 6.41. The van der Waals surface area contributed by atoms with Gasteiger partial charge < -0.3 is 10.4 Å². The molecule has 1 aromatic carbocycles. The number of nitrogens with one attached hydrogen (secondary N) is 1. The largest absolute Gasteiger partial charge is 0.392 e. The van der Waals surface area contributed by atoms with Crippen LogP contribution in [0.2, 0.25) is 5.02 Å². The molecule has 0 amide bonds. The standard InChI is InChI=1S/C14H20ClNO/c15-12-7-5-11(6-8-12)9-10-16-13-3-1-2-4-14(13)17/h5-8,13-14,16-17H,1-4,9-10H2. The number of aliphatic hydroxyl groups is 1. The molecule has 1 aliphatic carbocycles. The van der Waals surface area contributed by atoms with Crippen molar-refractivity contribution in [2.24, 2.45) is 0 Å². The van der Waals surface area contributed by atoms with Gasteiger partial charge in [0.05, 0.1) is 6.10 Å². The molecule has 2 N–H and O–H groups in total. The van der Waals surface area contributed by atoms with E-state index < -0.39 is 0 Å². The van der Waals surface area contributed by atoms with E-state index in [1.807, 2.05) is 12.1 Å². The van der Waals surface area contributed by atoms with Gasteiger partial charge in [0.1, 0.15) is 0 Å². The van der Waals surface area contributed by atoms with Crippen LogP contribution in [0.4, 0.5) is 0 Å². The minimum Gasteiger partial charge on any atom is -0.392 e. The average molecular weight is 254 g/mol. The second-order valence-electron chi connectivity index (χ2n) is 4.79. The van der Waals surface area contributed by atoms with Gasteiger partial charge in [0.25, 0.3) is 0 Å². The van der Waals surface area contributed by atoms with Gasteiger partial charge in [0.2, 0.25) is 0 Å². The monoisotopic (exact) mass is 253 g/mol. The third kappa shape index (κ3) is 3.98. The lowest BCUT2D eigenvalue weighted by Crippen LogP contribution is -2.42. The zero-order valence-corrected chi connectivity index (χ0v) is 10.8. The maximum absolute atomic E-state index is 9.82. The average Bonchev–Trinajstić information content (AvgIpc) is 2.34. The van der Waals surface area contributed by atoms with Crippen LogP contribution in [0.25, 0.3) is 0 Å². The molecule has 3 heteroatoms. The summed E-state index contributed by atoms with van der Waals surface area (Å²) >= 11 is 5.84. The molecular formula is C14H20ClNO. The van der Waals surface area contributed by atoms with Crippen LogP contribution < -0.4 is 5.32 Å². The lowest BCUT2D eigenvalue weighted by Gasteiger charge is -2.28. The second-order valence-corrected chi connectivity index (χ2v) is 5.23. The van der Waals surface area contributed by atoms with Gasteiger partial charge in [-0.1, -0.05) is 36.6 Å². The summed E-state index contributed by atoms with van der Waals surface area (Å²) in [6.45, 7) is 0.920. The first-order chi connectivity index (χ1) is 8.25. The van der Waals surface area contributed by atoms with Crippen LogP contribution in [0.3, 0.4) is 0 Å². The molecule has 0 saturated heterocycles. The van der Waals surface area contributed by atoms with E-state index in [0.717, 1.165) is 37.3 Å². The van der Waals surface area contributed by atoms with Crippen LogP contribution in [0, 0.1) is 0 Å². The molecule has 94 valence electrons. The topological polar surface area (TPSA) is 32.3 Å². The zero-order valence-electron chi connectivity index (χ0n) is 10.0. The predicted molar refractivity (Wildman–Crippen MR) is 71.4 cm³/mol. The maximum atomic E-state index is 9.82. The molecule has 2 unspecified atom stereocenters. The van der Waals surface area contributed by atoms with Crippen molar-refractivity contribution in [2.45, 2.75) is 44.2 Å². The van der Waals surface area contributed by atoms with Crippen molar-refractivity contribution in [1.82, 2.24) is 5.32 Å². The van der Waals surface area contributed by atoms with Crippen LogP contribution in [0.1, 0.15) is 31.2 Å². The second kappa shape index (κ2) is 6.39. The highest BCUT2D eigenvalue weighted by atomic mass is 35.5.